The van der Waals surface area contributed by atoms with Crippen LogP contribution in [0.3, 0.4) is 0 Å². The number of carbonyl (C=O) groups excluding carboxylic acids is 1. The summed E-state index contributed by atoms with van der Waals surface area (Å²) in [6.45, 7) is 3.47. The number of benzene rings is 3. The molecule has 30 heavy (non-hydrogen) atoms. The van der Waals surface area contributed by atoms with Gasteiger partial charge in [0.05, 0.1) is 6.20 Å². The molecule has 0 unspecified atom stereocenters. The maximum atomic E-state index is 12.8. The summed E-state index contributed by atoms with van der Waals surface area (Å²) in [6, 6.07) is 25.0. The standard InChI is InChI=1S/C25H24N4O/c30-25(28-15-13-27(14-16-28)22-9-2-1-3-10-22)19-29-18-21(17-26-29)24-12-6-8-20-7-4-5-11-23(20)24/h1-12,17-18H,13-16,19H2. The molecule has 5 heteroatoms. The number of fused-ring (bicyclic) bond motifs is 1. The van der Waals surface area contributed by atoms with Gasteiger partial charge in [-0.1, -0.05) is 60.7 Å². The lowest BCUT2D eigenvalue weighted by atomic mass is 10.0. The zero-order valence-electron chi connectivity index (χ0n) is 16.8. The number of piperazine rings is 1. The van der Waals surface area contributed by atoms with Gasteiger partial charge >= 0.3 is 0 Å². The van der Waals surface area contributed by atoms with E-state index in [-0.39, 0.29) is 12.5 Å². The van der Waals surface area contributed by atoms with Gasteiger partial charge in [0.25, 0.3) is 0 Å². The van der Waals surface area contributed by atoms with E-state index in [2.05, 4.69) is 70.7 Å². The Morgan fingerprint density at radius 2 is 1.57 bits per heavy atom. The van der Waals surface area contributed by atoms with Crippen molar-refractivity contribution in [3.63, 3.8) is 0 Å². The fraction of sp³-hybridized carbons (Fsp3) is 0.200. The third-order valence-corrected chi connectivity index (χ3v) is 5.78. The Balaban J connectivity index is 1.25. The SMILES string of the molecule is O=C(Cn1cc(-c2cccc3ccccc23)cn1)N1CCN(c2ccccc2)CC1. The molecule has 0 aliphatic carbocycles. The lowest BCUT2D eigenvalue weighted by Gasteiger charge is -2.36. The molecule has 150 valence electrons. The Labute approximate surface area is 176 Å². The lowest BCUT2D eigenvalue weighted by molar-refractivity contribution is -0.132. The van der Waals surface area contributed by atoms with Crippen molar-refractivity contribution in [2.75, 3.05) is 31.1 Å². The number of hydrogen-bond acceptors (Lipinski definition) is 3. The third-order valence-electron chi connectivity index (χ3n) is 5.78. The van der Waals surface area contributed by atoms with Crippen LogP contribution in [0.4, 0.5) is 5.69 Å². The fourth-order valence-corrected chi connectivity index (χ4v) is 4.16. The molecule has 1 amide bonds. The Bertz CT molecular complexity index is 1150. The molecular weight excluding hydrogens is 372 g/mol. The van der Waals surface area contributed by atoms with Crippen molar-refractivity contribution >= 4 is 22.4 Å². The van der Waals surface area contributed by atoms with E-state index in [1.807, 2.05) is 29.4 Å². The Morgan fingerprint density at radius 3 is 2.40 bits per heavy atom. The summed E-state index contributed by atoms with van der Waals surface area (Å²) >= 11 is 0. The van der Waals surface area contributed by atoms with Gasteiger partial charge in [-0.15, -0.1) is 0 Å². The molecule has 1 fully saturated rings. The molecule has 0 atom stereocenters. The summed E-state index contributed by atoms with van der Waals surface area (Å²) in [4.78, 5) is 17.1. The quantitative estimate of drug-likeness (QED) is 0.523. The molecule has 5 rings (SSSR count). The second kappa shape index (κ2) is 8.03. The van der Waals surface area contributed by atoms with Gasteiger partial charge in [0.1, 0.15) is 6.54 Å². The fourth-order valence-electron chi connectivity index (χ4n) is 4.16. The highest BCUT2D eigenvalue weighted by molar-refractivity contribution is 5.96. The number of aromatic nitrogens is 2. The van der Waals surface area contributed by atoms with Gasteiger partial charge in [-0.2, -0.15) is 5.10 Å². The molecule has 1 saturated heterocycles. The third kappa shape index (κ3) is 3.66. The minimum atomic E-state index is 0.121. The first kappa shape index (κ1) is 18.4. The van der Waals surface area contributed by atoms with E-state index in [9.17, 15) is 4.79 Å². The average Bonchev–Trinajstić information content (AvgIpc) is 3.27. The zero-order valence-corrected chi connectivity index (χ0v) is 16.8. The van der Waals surface area contributed by atoms with Crippen molar-refractivity contribution in [1.82, 2.24) is 14.7 Å². The molecule has 4 aromatic rings. The first-order chi connectivity index (χ1) is 14.8. The average molecular weight is 396 g/mol. The summed E-state index contributed by atoms with van der Waals surface area (Å²) in [5, 5.41) is 6.86. The topological polar surface area (TPSA) is 41.4 Å². The molecule has 0 saturated carbocycles. The molecule has 0 bridgehead atoms. The van der Waals surface area contributed by atoms with Crippen LogP contribution in [-0.2, 0) is 11.3 Å². The first-order valence-corrected chi connectivity index (χ1v) is 10.4. The van der Waals surface area contributed by atoms with E-state index in [0.29, 0.717) is 0 Å². The Hall–Kier alpha value is -3.60. The molecule has 2 heterocycles. The van der Waals surface area contributed by atoms with Crippen LogP contribution < -0.4 is 4.90 Å². The van der Waals surface area contributed by atoms with E-state index in [0.717, 1.165) is 37.3 Å². The van der Waals surface area contributed by atoms with E-state index < -0.39 is 0 Å². The van der Waals surface area contributed by atoms with Crippen LogP contribution in [0.5, 0.6) is 0 Å². The van der Waals surface area contributed by atoms with Crippen LogP contribution in [0.1, 0.15) is 0 Å². The smallest absolute Gasteiger partial charge is 0.244 e. The molecule has 1 aliphatic rings. The van der Waals surface area contributed by atoms with E-state index in [1.54, 1.807) is 4.68 Å². The predicted molar refractivity (Wildman–Crippen MR) is 120 cm³/mol. The molecular formula is C25H24N4O. The van der Waals surface area contributed by atoms with Gasteiger partial charge < -0.3 is 9.80 Å². The van der Waals surface area contributed by atoms with Crippen molar-refractivity contribution in [3.8, 4) is 11.1 Å². The summed E-state index contributed by atoms with van der Waals surface area (Å²) in [6.07, 6.45) is 3.82. The first-order valence-electron chi connectivity index (χ1n) is 10.4. The van der Waals surface area contributed by atoms with Crippen LogP contribution in [0, 0.1) is 0 Å². The highest BCUT2D eigenvalue weighted by atomic mass is 16.2. The molecule has 3 aromatic carbocycles. The monoisotopic (exact) mass is 396 g/mol. The number of carbonyl (C=O) groups is 1. The number of rotatable bonds is 4. The van der Waals surface area contributed by atoms with Crippen molar-refractivity contribution in [2.45, 2.75) is 6.54 Å². The predicted octanol–water partition coefficient (Wildman–Crippen LogP) is 4.05. The van der Waals surface area contributed by atoms with E-state index >= 15 is 0 Å². The summed E-state index contributed by atoms with van der Waals surface area (Å²) < 4.78 is 1.75. The number of anilines is 1. The maximum absolute atomic E-state index is 12.8. The zero-order chi connectivity index (χ0) is 20.3. The summed E-state index contributed by atoms with van der Waals surface area (Å²) in [5.74, 6) is 0.121. The van der Waals surface area contributed by atoms with Crippen molar-refractivity contribution in [3.05, 3.63) is 85.2 Å². The van der Waals surface area contributed by atoms with Crippen LogP contribution in [0.25, 0.3) is 21.9 Å². The normalized spacial score (nSPS) is 14.3. The van der Waals surface area contributed by atoms with Gasteiger partial charge in [0, 0.05) is 43.6 Å². The summed E-state index contributed by atoms with van der Waals surface area (Å²) in [7, 11) is 0. The van der Waals surface area contributed by atoms with Crippen molar-refractivity contribution in [2.24, 2.45) is 0 Å². The molecule has 0 N–H and O–H groups in total. The van der Waals surface area contributed by atoms with E-state index in [4.69, 9.17) is 0 Å². The maximum Gasteiger partial charge on any atom is 0.244 e. The van der Waals surface area contributed by atoms with Gasteiger partial charge in [-0.05, 0) is 28.5 Å². The molecule has 0 spiro atoms. The molecule has 0 radical (unpaired) electrons. The van der Waals surface area contributed by atoms with Gasteiger partial charge in [0.2, 0.25) is 5.91 Å². The second-order valence-electron chi connectivity index (χ2n) is 7.66. The Morgan fingerprint density at radius 1 is 0.833 bits per heavy atom. The van der Waals surface area contributed by atoms with Crippen LogP contribution in [-0.4, -0.2) is 46.8 Å². The highest BCUT2D eigenvalue weighted by Crippen LogP contribution is 2.28. The van der Waals surface area contributed by atoms with Gasteiger partial charge in [-0.25, -0.2) is 0 Å². The van der Waals surface area contributed by atoms with Crippen LogP contribution in [0.2, 0.25) is 0 Å². The van der Waals surface area contributed by atoms with Crippen LogP contribution >= 0.6 is 0 Å². The second-order valence-corrected chi connectivity index (χ2v) is 7.66. The van der Waals surface area contributed by atoms with Crippen molar-refractivity contribution < 1.29 is 4.79 Å². The van der Waals surface area contributed by atoms with Gasteiger partial charge in [-0.3, -0.25) is 9.48 Å². The number of para-hydroxylation sites is 1. The molecule has 5 nitrogen and oxygen atoms in total. The summed E-state index contributed by atoms with van der Waals surface area (Å²) in [5.41, 5.74) is 3.40. The largest absolute Gasteiger partial charge is 0.368 e. The highest BCUT2D eigenvalue weighted by Gasteiger charge is 2.21. The lowest BCUT2D eigenvalue weighted by Crippen LogP contribution is -2.49. The van der Waals surface area contributed by atoms with Crippen LogP contribution in [0.15, 0.2) is 85.2 Å². The van der Waals surface area contributed by atoms with E-state index in [1.165, 1.54) is 16.5 Å². The number of nitrogens with zero attached hydrogens (tertiary/aromatic N) is 4. The molecule has 1 aromatic heterocycles. The van der Waals surface area contributed by atoms with Crippen molar-refractivity contribution in [1.29, 1.82) is 0 Å². The minimum absolute atomic E-state index is 0.121. The van der Waals surface area contributed by atoms with Gasteiger partial charge in [0.15, 0.2) is 0 Å². The minimum Gasteiger partial charge on any atom is -0.368 e. The number of hydrogen-bond donors (Lipinski definition) is 0. The molecule has 1 aliphatic heterocycles. The number of amides is 1. The Kier molecular flexibility index (Phi) is 4.93.